The zero-order chi connectivity index (χ0) is 14.7. The van der Waals surface area contributed by atoms with E-state index in [0.29, 0.717) is 15.9 Å². The number of carbonyl (C=O) groups is 1. The van der Waals surface area contributed by atoms with Crippen LogP contribution in [0.2, 0.25) is 0 Å². The van der Waals surface area contributed by atoms with E-state index in [1.54, 1.807) is 6.92 Å². The molecule has 1 heterocycles. The van der Waals surface area contributed by atoms with E-state index in [0.717, 1.165) is 12.1 Å². The predicted octanol–water partition coefficient (Wildman–Crippen LogP) is 2.09. The maximum Gasteiger partial charge on any atom is 0.252 e. The van der Waals surface area contributed by atoms with Crippen molar-refractivity contribution in [1.29, 1.82) is 0 Å². The van der Waals surface area contributed by atoms with Crippen molar-refractivity contribution in [1.82, 2.24) is 5.32 Å². The van der Waals surface area contributed by atoms with Crippen molar-refractivity contribution in [2.24, 2.45) is 0 Å². The van der Waals surface area contributed by atoms with Crippen LogP contribution in [0.15, 0.2) is 42.7 Å². The van der Waals surface area contributed by atoms with E-state index in [1.807, 2.05) is 0 Å². The smallest absolute Gasteiger partial charge is 0.252 e. The summed E-state index contributed by atoms with van der Waals surface area (Å²) in [5, 5.41) is 13.5. The maximum absolute atomic E-state index is 13.1. The third-order valence-electron chi connectivity index (χ3n) is 2.86. The van der Waals surface area contributed by atoms with Gasteiger partial charge in [0.25, 0.3) is 5.91 Å². The Bertz CT molecular complexity index is 630. The van der Waals surface area contributed by atoms with E-state index in [4.69, 9.17) is 0 Å². The highest BCUT2D eigenvalue weighted by molar-refractivity contribution is 5.94. The third-order valence-corrected chi connectivity index (χ3v) is 2.86. The Hall–Kier alpha value is -2.50. The first-order valence-electron chi connectivity index (χ1n) is 5.92. The molecule has 1 aromatic heterocycles. The Kier molecular flexibility index (Phi) is 3.93. The van der Waals surface area contributed by atoms with Gasteiger partial charge in [-0.2, -0.15) is 4.73 Å². The summed E-state index contributed by atoms with van der Waals surface area (Å²) in [7, 11) is 0. The fourth-order valence-electron chi connectivity index (χ4n) is 1.71. The number of hydrogen-bond donors (Lipinski definition) is 1. The summed E-state index contributed by atoms with van der Waals surface area (Å²) in [5.41, 5.74) is 0.763. The molecule has 0 saturated carbocycles. The van der Waals surface area contributed by atoms with Crippen molar-refractivity contribution < 1.29 is 18.3 Å². The molecular formula is C14H12F2N2O2. The molecule has 20 heavy (non-hydrogen) atoms. The van der Waals surface area contributed by atoms with Crippen molar-refractivity contribution in [3.8, 4) is 0 Å². The average Bonchev–Trinajstić information content (AvgIpc) is 2.42. The first-order chi connectivity index (χ1) is 9.47. The number of carbonyl (C=O) groups excluding carboxylic acids is 1. The normalized spacial score (nSPS) is 11.9. The lowest BCUT2D eigenvalue weighted by atomic mass is 10.1. The molecule has 0 bridgehead atoms. The number of halogens is 2. The van der Waals surface area contributed by atoms with Crippen LogP contribution >= 0.6 is 0 Å². The van der Waals surface area contributed by atoms with Crippen LogP contribution in [0.5, 0.6) is 0 Å². The lowest BCUT2D eigenvalue weighted by Crippen LogP contribution is -2.29. The average molecular weight is 278 g/mol. The molecule has 6 heteroatoms. The van der Waals surface area contributed by atoms with Crippen LogP contribution in [0.3, 0.4) is 0 Å². The van der Waals surface area contributed by atoms with Crippen molar-refractivity contribution in [2.75, 3.05) is 0 Å². The molecule has 0 aliphatic rings. The second kappa shape index (κ2) is 5.64. The summed E-state index contributed by atoms with van der Waals surface area (Å²) in [5.74, 6) is -2.30. The fraction of sp³-hybridized carbons (Fsp3) is 0.143. The van der Waals surface area contributed by atoms with Crippen LogP contribution in [0.25, 0.3) is 0 Å². The minimum Gasteiger partial charge on any atom is -0.619 e. The van der Waals surface area contributed by atoms with E-state index >= 15 is 0 Å². The summed E-state index contributed by atoms with van der Waals surface area (Å²) in [6.45, 7) is 1.65. The Morgan fingerprint density at radius 3 is 2.45 bits per heavy atom. The lowest BCUT2D eigenvalue weighted by Gasteiger charge is -2.14. The summed E-state index contributed by atoms with van der Waals surface area (Å²) < 4.78 is 26.5. The van der Waals surface area contributed by atoms with Crippen LogP contribution in [0, 0.1) is 16.8 Å². The summed E-state index contributed by atoms with van der Waals surface area (Å²) in [6, 6.07) is 5.71. The van der Waals surface area contributed by atoms with Crippen molar-refractivity contribution in [3.05, 3.63) is 70.7 Å². The van der Waals surface area contributed by atoms with Gasteiger partial charge in [-0.3, -0.25) is 4.79 Å². The second-order valence-corrected chi connectivity index (χ2v) is 4.32. The van der Waals surface area contributed by atoms with E-state index in [9.17, 15) is 18.8 Å². The van der Waals surface area contributed by atoms with Crippen molar-refractivity contribution in [3.63, 3.8) is 0 Å². The standard InChI is InChI=1S/C14H12F2N2O2/c1-9(11-2-3-12(15)13(16)8-11)17-14(19)10-4-6-18(20)7-5-10/h2-9H,1H3,(H,17,19). The Labute approximate surface area is 114 Å². The minimum atomic E-state index is -0.962. The van der Waals surface area contributed by atoms with Gasteiger partial charge in [0, 0.05) is 12.1 Å². The van der Waals surface area contributed by atoms with Crippen molar-refractivity contribution >= 4 is 5.91 Å². The third kappa shape index (κ3) is 3.09. The van der Waals surface area contributed by atoms with E-state index in [2.05, 4.69) is 5.32 Å². The topological polar surface area (TPSA) is 56.0 Å². The van der Waals surface area contributed by atoms with Crippen LogP contribution in [0.1, 0.15) is 28.9 Å². The molecule has 0 fully saturated rings. The molecule has 1 aromatic carbocycles. The minimum absolute atomic E-state index is 0.312. The van der Waals surface area contributed by atoms with Gasteiger partial charge in [-0.25, -0.2) is 8.78 Å². The number of nitrogens with one attached hydrogen (secondary N) is 1. The number of amides is 1. The van der Waals surface area contributed by atoms with Crippen molar-refractivity contribution in [2.45, 2.75) is 13.0 Å². The highest BCUT2D eigenvalue weighted by atomic mass is 19.2. The van der Waals surface area contributed by atoms with Crippen LogP contribution in [0.4, 0.5) is 8.78 Å². The quantitative estimate of drug-likeness (QED) is 0.690. The van der Waals surface area contributed by atoms with Crippen LogP contribution < -0.4 is 10.0 Å². The van der Waals surface area contributed by atoms with Crippen LogP contribution in [-0.4, -0.2) is 5.91 Å². The second-order valence-electron chi connectivity index (χ2n) is 4.32. The molecule has 1 atom stereocenters. The molecule has 0 aliphatic carbocycles. The molecule has 0 aliphatic heterocycles. The number of nitrogens with zero attached hydrogens (tertiary/aromatic N) is 1. The number of rotatable bonds is 3. The predicted molar refractivity (Wildman–Crippen MR) is 67.6 cm³/mol. The Morgan fingerprint density at radius 2 is 1.85 bits per heavy atom. The Morgan fingerprint density at radius 1 is 1.20 bits per heavy atom. The molecule has 2 rings (SSSR count). The molecule has 0 saturated heterocycles. The zero-order valence-electron chi connectivity index (χ0n) is 10.6. The van der Waals surface area contributed by atoms with Gasteiger partial charge in [0.05, 0.1) is 11.6 Å². The van der Waals surface area contributed by atoms with Gasteiger partial charge in [-0.05, 0) is 24.6 Å². The van der Waals surface area contributed by atoms with Gasteiger partial charge in [0.2, 0.25) is 0 Å². The number of benzene rings is 1. The van der Waals surface area contributed by atoms with Gasteiger partial charge in [0.1, 0.15) is 0 Å². The lowest BCUT2D eigenvalue weighted by molar-refractivity contribution is -0.605. The van der Waals surface area contributed by atoms with Gasteiger partial charge in [-0.1, -0.05) is 6.07 Å². The molecule has 104 valence electrons. The molecule has 1 N–H and O–H groups in total. The first kappa shape index (κ1) is 13.9. The van der Waals surface area contributed by atoms with Crippen LogP contribution in [-0.2, 0) is 0 Å². The zero-order valence-corrected chi connectivity index (χ0v) is 10.6. The highest BCUT2D eigenvalue weighted by Crippen LogP contribution is 2.16. The first-order valence-corrected chi connectivity index (χ1v) is 5.92. The van der Waals surface area contributed by atoms with Gasteiger partial charge in [0.15, 0.2) is 24.0 Å². The maximum atomic E-state index is 13.1. The number of aromatic nitrogens is 1. The Balaban J connectivity index is 2.10. The number of hydrogen-bond acceptors (Lipinski definition) is 2. The summed E-state index contributed by atoms with van der Waals surface area (Å²) >= 11 is 0. The van der Waals surface area contributed by atoms with E-state index in [1.165, 1.54) is 30.6 Å². The van der Waals surface area contributed by atoms with Gasteiger partial charge >= 0.3 is 0 Å². The molecule has 1 amide bonds. The monoisotopic (exact) mass is 278 g/mol. The molecule has 2 aromatic rings. The fourth-order valence-corrected chi connectivity index (χ4v) is 1.71. The molecule has 0 spiro atoms. The van der Waals surface area contributed by atoms with Gasteiger partial charge < -0.3 is 10.5 Å². The summed E-state index contributed by atoms with van der Waals surface area (Å²) in [6.07, 6.45) is 2.41. The molecule has 4 nitrogen and oxygen atoms in total. The number of pyridine rings is 1. The SMILES string of the molecule is CC(NC(=O)c1cc[n+]([O-])cc1)c1ccc(F)c(F)c1. The largest absolute Gasteiger partial charge is 0.619 e. The highest BCUT2D eigenvalue weighted by Gasteiger charge is 2.13. The molecule has 0 radical (unpaired) electrons. The molecule has 1 unspecified atom stereocenters. The molecular weight excluding hydrogens is 266 g/mol. The summed E-state index contributed by atoms with van der Waals surface area (Å²) in [4.78, 5) is 11.9. The van der Waals surface area contributed by atoms with E-state index in [-0.39, 0.29) is 0 Å². The van der Waals surface area contributed by atoms with E-state index < -0.39 is 23.6 Å². The van der Waals surface area contributed by atoms with Gasteiger partial charge in [-0.15, -0.1) is 0 Å².